The van der Waals surface area contributed by atoms with Crippen molar-refractivity contribution in [3.8, 4) is 0 Å². The molecule has 2 nitrogen and oxygen atoms in total. The lowest BCUT2D eigenvalue weighted by Gasteiger charge is -2.15. The van der Waals surface area contributed by atoms with E-state index in [0.29, 0.717) is 12.6 Å². The Balaban J connectivity index is 2.46. The molecule has 0 bridgehead atoms. The zero-order chi connectivity index (χ0) is 14.3. The molecule has 0 amide bonds. The maximum Gasteiger partial charge on any atom is 0.389 e. The van der Waals surface area contributed by atoms with E-state index in [1.54, 1.807) is 0 Å². The first kappa shape index (κ1) is 16.1. The first-order chi connectivity index (χ1) is 8.96. The van der Waals surface area contributed by atoms with E-state index in [1.165, 1.54) is 0 Å². The summed E-state index contributed by atoms with van der Waals surface area (Å²) < 4.78 is 38.0. The lowest BCUT2D eigenvalue weighted by atomic mass is 10.1. The molecule has 0 aliphatic rings. The molecule has 5 heteroatoms. The van der Waals surface area contributed by atoms with Gasteiger partial charge in [-0.2, -0.15) is 13.2 Å². The zero-order valence-corrected chi connectivity index (χ0v) is 11.6. The van der Waals surface area contributed by atoms with E-state index in [1.807, 2.05) is 23.0 Å². The van der Waals surface area contributed by atoms with Gasteiger partial charge in [0, 0.05) is 31.4 Å². The normalized spacial score (nSPS) is 13.7. The maximum atomic E-state index is 12.1. The van der Waals surface area contributed by atoms with Crippen LogP contribution >= 0.6 is 0 Å². The highest BCUT2D eigenvalue weighted by molar-refractivity contribution is 5.15. The average molecular weight is 276 g/mol. The van der Waals surface area contributed by atoms with Crippen molar-refractivity contribution in [2.24, 2.45) is 0 Å². The van der Waals surface area contributed by atoms with Crippen LogP contribution in [-0.4, -0.2) is 17.3 Å². The molecular weight excluding hydrogens is 253 g/mol. The number of aromatic nitrogens is 1. The van der Waals surface area contributed by atoms with Gasteiger partial charge < -0.3 is 9.88 Å². The van der Waals surface area contributed by atoms with Crippen LogP contribution in [0.15, 0.2) is 18.5 Å². The van der Waals surface area contributed by atoms with Crippen molar-refractivity contribution in [3.63, 3.8) is 0 Å². The SMILES string of the molecule is CCCNC(CC)c1ccn(CCCC(F)(F)F)c1. The number of halogens is 3. The highest BCUT2D eigenvalue weighted by Gasteiger charge is 2.25. The molecule has 1 heterocycles. The van der Waals surface area contributed by atoms with Crippen LogP contribution in [0.4, 0.5) is 13.2 Å². The van der Waals surface area contributed by atoms with Crippen molar-refractivity contribution in [2.75, 3.05) is 6.54 Å². The number of alkyl halides is 3. The Bertz CT molecular complexity index is 358. The van der Waals surface area contributed by atoms with Gasteiger partial charge in [-0.15, -0.1) is 0 Å². The maximum absolute atomic E-state index is 12.1. The minimum atomic E-state index is -4.05. The molecule has 1 unspecified atom stereocenters. The molecule has 0 saturated heterocycles. The summed E-state index contributed by atoms with van der Waals surface area (Å²) >= 11 is 0. The average Bonchev–Trinajstić information content (AvgIpc) is 2.77. The standard InChI is InChI=1S/C14H23F3N2/c1-3-8-18-13(4-2)12-6-10-19(11-12)9-5-7-14(15,16)17/h6,10-11,13,18H,3-5,7-9H2,1-2H3. The van der Waals surface area contributed by atoms with Crippen LogP contribution in [0.3, 0.4) is 0 Å². The zero-order valence-electron chi connectivity index (χ0n) is 11.6. The van der Waals surface area contributed by atoms with E-state index in [-0.39, 0.29) is 6.42 Å². The molecular formula is C14H23F3N2. The molecule has 19 heavy (non-hydrogen) atoms. The van der Waals surface area contributed by atoms with Gasteiger partial charge in [-0.25, -0.2) is 0 Å². The number of nitrogens with one attached hydrogen (secondary N) is 1. The van der Waals surface area contributed by atoms with Gasteiger partial charge in [-0.1, -0.05) is 13.8 Å². The van der Waals surface area contributed by atoms with Crippen LogP contribution in [-0.2, 0) is 6.54 Å². The fourth-order valence-corrected chi connectivity index (χ4v) is 2.08. The van der Waals surface area contributed by atoms with Crippen LogP contribution < -0.4 is 5.32 Å². The number of nitrogens with zero attached hydrogens (tertiary/aromatic N) is 1. The Morgan fingerprint density at radius 1 is 1.32 bits per heavy atom. The molecule has 0 aliphatic carbocycles. The van der Waals surface area contributed by atoms with Gasteiger partial charge in [0.15, 0.2) is 0 Å². The van der Waals surface area contributed by atoms with Gasteiger partial charge in [-0.3, -0.25) is 0 Å². The Morgan fingerprint density at radius 2 is 2.05 bits per heavy atom. The van der Waals surface area contributed by atoms with E-state index >= 15 is 0 Å². The second kappa shape index (κ2) is 7.58. The highest BCUT2D eigenvalue weighted by atomic mass is 19.4. The molecule has 0 saturated carbocycles. The summed E-state index contributed by atoms with van der Waals surface area (Å²) in [5, 5.41) is 3.44. The summed E-state index contributed by atoms with van der Waals surface area (Å²) in [5.74, 6) is 0. The van der Waals surface area contributed by atoms with Crippen LogP contribution in [0.5, 0.6) is 0 Å². The van der Waals surface area contributed by atoms with Crippen molar-refractivity contribution in [3.05, 3.63) is 24.0 Å². The van der Waals surface area contributed by atoms with E-state index in [9.17, 15) is 13.2 Å². The van der Waals surface area contributed by atoms with Crippen molar-refractivity contribution in [2.45, 2.75) is 58.3 Å². The number of hydrogen-bond acceptors (Lipinski definition) is 1. The van der Waals surface area contributed by atoms with E-state index in [0.717, 1.165) is 24.9 Å². The fraction of sp³-hybridized carbons (Fsp3) is 0.714. The van der Waals surface area contributed by atoms with Crippen LogP contribution in [0, 0.1) is 0 Å². The molecule has 1 atom stereocenters. The molecule has 0 fully saturated rings. The summed E-state index contributed by atoms with van der Waals surface area (Å²) in [6, 6.07) is 2.29. The predicted molar refractivity (Wildman–Crippen MR) is 71.0 cm³/mol. The van der Waals surface area contributed by atoms with Crippen LogP contribution in [0.1, 0.15) is 51.1 Å². The second-order valence-corrected chi connectivity index (χ2v) is 4.82. The topological polar surface area (TPSA) is 17.0 Å². The first-order valence-corrected chi connectivity index (χ1v) is 6.92. The molecule has 1 N–H and O–H groups in total. The summed E-state index contributed by atoms with van der Waals surface area (Å²) in [5.41, 5.74) is 1.16. The smallest absolute Gasteiger partial charge is 0.354 e. The van der Waals surface area contributed by atoms with Crippen LogP contribution in [0.25, 0.3) is 0 Å². The summed E-state index contributed by atoms with van der Waals surface area (Å²) in [6.07, 6.45) is 1.23. The lowest BCUT2D eigenvalue weighted by molar-refractivity contribution is -0.135. The highest BCUT2D eigenvalue weighted by Crippen LogP contribution is 2.22. The Kier molecular flexibility index (Phi) is 6.42. The third-order valence-corrected chi connectivity index (χ3v) is 3.10. The Labute approximate surface area is 113 Å². The Hall–Kier alpha value is -0.970. The van der Waals surface area contributed by atoms with Crippen molar-refractivity contribution in [1.82, 2.24) is 9.88 Å². The second-order valence-electron chi connectivity index (χ2n) is 4.82. The number of hydrogen-bond donors (Lipinski definition) is 1. The molecule has 0 spiro atoms. The lowest BCUT2D eigenvalue weighted by Crippen LogP contribution is -2.21. The molecule has 1 rings (SSSR count). The minimum absolute atomic E-state index is 0.136. The molecule has 0 radical (unpaired) electrons. The first-order valence-electron chi connectivity index (χ1n) is 6.92. The monoisotopic (exact) mass is 276 g/mol. The minimum Gasteiger partial charge on any atom is -0.354 e. The van der Waals surface area contributed by atoms with Crippen LogP contribution in [0.2, 0.25) is 0 Å². The third kappa shape index (κ3) is 6.14. The summed E-state index contributed by atoms with van der Waals surface area (Å²) in [4.78, 5) is 0. The summed E-state index contributed by atoms with van der Waals surface area (Å²) in [7, 11) is 0. The quantitative estimate of drug-likeness (QED) is 0.750. The molecule has 1 aromatic rings. The van der Waals surface area contributed by atoms with Crippen molar-refractivity contribution < 1.29 is 13.2 Å². The van der Waals surface area contributed by atoms with Gasteiger partial charge >= 0.3 is 6.18 Å². The van der Waals surface area contributed by atoms with Crippen molar-refractivity contribution in [1.29, 1.82) is 0 Å². The molecule has 0 aromatic carbocycles. The van der Waals surface area contributed by atoms with E-state index in [4.69, 9.17) is 0 Å². The number of rotatable bonds is 8. The summed E-state index contributed by atoms with van der Waals surface area (Å²) in [6.45, 7) is 5.60. The van der Waals surface area contributed by atoms with Crippen molar-refractivity contribution >= 4 is 0 Å². The third-order valence-electron chi connectivity index (χ3n) is 3.10. The molecule has 110 valence electrons. The predicted octanol–water partition coefficient (Wildman–Crippen LogP) is 4.28. The fourth-order valence-electron chi connectivity index (χ4n) is 2.08. The van der Waals surface area contributed by atoms with E-state index in [2.05, 4.69) is 19.2 Å². The van der Waals surface area contributed by atoms with Gasteiger partial charge in [0.05, 0.1) is 0 Å². The van der Waals surface area contributed by atoms with E-state index < -0.39 is 12.6 Å². The largest absolute Gasteiger partial charge is 0.389 e. The van der Waals surface area contributed by atoms with Gasteiger partial charge in [0.2, 0.25) is 0 Å². The number of aryl methyl sites for hydroxylation is 1. The van der Waals surface area contributed by atoms with Gasteiger partial charge in [-0.05, 0) is 37.4 Å². The molecule has 0 aliphatic heterocycles. The Morgan fingerprint density at radius 3 is 2.63 bits per heavy atom. The van der Waals surface area contributed by atoms with Gasteiger partial charge in [0.25, 0.3) is 0 Å². The van der Waals surface area contributed by atoms with Gasteiger partial charge in [0.1, 0.15) is 0 Å². The molecule has 1 aromatic heterocycles.